The number of benzene rings is 2. The Hall–Kier alpha value is -2.74. The summed E-state index contributed by atoms with van der Waals surface area (Å²) in [5.74, 6) is 1.58. The number of sulfonamides is 1. The number of likely N-dealkylation sites (tertiary alicyclic amines) is 1. The Balaban J connectivity index is 1.46. The van der Waals surface area contributed by atoms with Gasteiger partial charge in [-0.3, -0.25) is 9.52 Å². The maximum absolute atomic E-state index is 12.7. The molecule has 154 valence electrons. The average Bonchev–Trinajstić information content (AvgIpc) is 2.74. The van der Waals surface area contributed by atoms with Gasteiger partial charge in [0.05, 0.1) is 4.90 Å². The zero-order valence-electron chi connectivity index (χ0n) is 16.3. The van der Waals surface area contributed by atoms with Crippen molar-refractivity contribution in [2.75, 3.05) is 31.0 Å². The molecule has 8 heteroatoms. The molecule has 0 radical (unpaired) electrons. The van der Waals surface area contributed by atoms with Crippen molar-refractivity contribution < 1.29 is 22.7 Å². The third-order valence-corrected chi connectivity index (χ3v) is 6.66. The highest BCUT2D eigenvalue weighted by atomic mass is 32.2. The van der Waals surface area contributed by atoms with Gasteiger partial charge in [-0.25, -0.2) is 8.42 Å². The van der Waals surface area contributed by atoms with Gasteiger partial charge >= 0.3 is 0 Å². The summed E-state index contributed by atoms with van der Waals surface area (Å²) in [5.41, 5.74) is 0.950. The molecule has 0 atom stereocenters. The second-order valence-corrected chi connectivity index (χ2v) is 9.15. The molecule has 0 saturated carbocycles. The molecule has 2 aliphatic rings. The first-order valence-corrected chi connectivity index (χ1v) is 11.2. The van der Waals surface area contributed by atoms with Gasteiger partial charge in [-0.15, -0.1) is 0 Å². The largest absolute Gasteiger partial charge is 0.486 e. The van der Waals surface area contributed by atoms with Crippen LogP contribution in [0.25, 0.3) is 0 Å². The Morgan fingerprint density at radius 3 is 2.34 bits per heavy atom. The lowest BCUT2D eigenvalue weighted by atomic mass is 9.98. The van der Waals surface area contributed by atoms with E-state index >= 15 is 0 Å². The van der Waals surface area contributed by atoms with E-state index in [9.17, 15) is 13.2 Å². The minimum atomic E-state index is -3.79. The number of amides is 1. The van der Waals surface area contributed by atoms with Crippen LogP contribution in [0.5, 0.6) is 11.5 Å². The van der Waals surface area contributed by atoms with E-state index < -0.39 is 10.0 Å². The Morgan fingerprint density at radius 1 is 1.00 bits per heavy atom. The number of hydrogen-bond acceptors (Lipinski definition) is 5. The van der Waals surface area contributed by atoms with Gasteiger partial charge in [0.1, 0.15) is 13.2 Å². The standard InChI is InChI=1S/C21H24N2O5S/c1-15-8-10-23(11-9-15)21(24)16-2-4-17(5-3-16)22-29(25,26)18-6-7-19-20(14-18)28-13-12-27-19/h2-7,14-15,22H,8-13H2,1H3. The molecular formula is C21H24N2O5S. The molecule has 1 amide bonds. The molecular weight excluding hydrogens is 392 g/mol. The van der Waals surface area contributed by atoms with Gasteiger partial charge in [0.2, 0.25) is 0 Å². The molecule has 0 bridgehead atoms. The molecule has 0 aromatic heterocycles. The zero-order chi connectivity index (χ0) is 20.4. The Bertz CT molecular complexity index is 996. The maximum atomic E-state index is 12.7. The molecule has 2 heterocycles. The van der Waals surface area contributed by atoms with Gasteiger partial charge in [-0.1, -0.05) is 6.92 Å². The predicted molar refractivity (Wildman–Crippen MR) is 109 cm³/mol. The van der Waals surface area contributed by atoms with Crippen molar-refractivity contribution in [3.63, 3.8) is 0 Å². The normalized spacial score (nSPS) is 17.1. The van der Waals surface area contributed by atoms with Crippen LogP contribution >= 0.6 is 0 Å². The first-order chi connectivity index (χ1) is 13.9. The number of carbonyl (C=O) groups excluding carboxylic acids is 1. The fraction of sp³-hybridized carbons (Fsp3) is 0.381. The van der Waals surface area contributed by atoms with Crippen LogP contribution < -0.4 is 14.2 Å². The first kappa shape index (κ1) is 19.6. The lowest BCUT2D eigenvalue weighted by molar-refractivity contribution is 0.0697. The summed E-state index contributed by atoms with van der Waals surface area (Å²) >= 11 is 0. The van der Waals surface area contributed by atoms with Crippen LogP contribution in [0.3, 0.4) is 0 Å². The second kappa shape index (κ2) is 7.94. The van der Waals surface area contributed by atoms with Crippen molar-refractivity contribution in [2.45, 2.75) is 24.7 Å². The summed E-state index contributed by atoms with van der Waals surface area (Å²) in [4.78, 5) is 14.6. The molecule has 0 aliphatic carbocycles. The number of anilines is 1. The molecule has 2 aromatic rings. The Morgan fingerprint density at radius 2 is 1.66 bits per heavy atom. The summed E-state index contributed by atoms with van der Waals surface area (Å²) in [6.45, 7) is 4.55. The van der Waals surface area contributed by atoms with Crippen molar-refractivity contribution in [1.29, 1.82) is 0 Å². The molecule has 7 nitrogen and oxygen atoms in total. The molecule has 4 rings (SSSR count). The molecule has 1 fully saturated rings. The minimum absolute atomic E-state index is 0.0156. The number of rotatable bonds is 4. The maximum Gasteiger partial charge on any atom is 0.262 e. The van der Waals surface area contributed by atoms with E-state index in [1.807, 2.05) is 4.90 Å². The molecule has 29 heavy (non-hydrogen) atoms. The Labute approximate surface area is 170 Å². The smallest absolute Gasteiger partial charge is 0.262 e. The fourth-order valence-corrected chi connectivity index (χ4v) is 4.55. The lowest BCUT2D eigenvalue weighted by Gasteiger charge is -2.30. The highest BCUT2D eigenvalue weighted by Gasteiger charge is 2.22. The quantitative estimate of drug-likeness (QED) is 0.828. The second-order valence-electron chi connectivity index (χ2n) is 7.46. The van der Waals surface area contributed by atoms with Crippen molar-refractivity contribution >= 4 is 21.6 Å². The third kappa shape index (κ3) is 4.32. The minimum Gasteiger partial charge on any atom is -0.486 e. The fourth-order valence-electron chi connectivity index (χ4n) is 3.48. The van der Waals surface area contributed by atoms with E-state index in [1.54, 1.807) is 30.3 Å². The van der Waals surface area contributed by atoms with Gasteiger partial charge in [0.25, 0.3) is 15.9 Å². The molecule has 0 spiro atoms. The number of piperidine rings is 1. The number of fused-ring (bicyclic) bond motifs is 1. The topological polar surface area (TPSA) is 84.9 Å². The predicted octanol–water partition coefficient (Wildman–Crippen LogP) is 3.13. The average molecular weight is 416 g/mol. The highest BCUT2D eigenvalue weighted by molar-refractivity contribution is 7.92. The van der Waals surface area contributed by atoms with Gasteiger partial charge in [-0.05, 0) is 55.2 Å². The van der Waals surface area contributed by atoms with Crippen LogP contribution in [0.2, 0.25) is 0 Å². The van der Waals surface area contributed by atoms with Gasteiger partial charge < -0.3 is 14.4 Å². The van der Waals surface area contributed by atoms with Gasteiger partial charge in [0.15, 0.2) is 11.5 Å². The number of nitrogens with one attached hydrogen (secondary N) is 1. The summed E-state index contributed by atoms with van der Waals surface area (Å²) in [6, 6.07) is 11.0. The lowest BCUT2D eigenvalue weighted by Crippen LogP contribution is -2.37. The van der Waals surface area contributed by atoms with E-state index in [2.05, 4.69) is 11.6 Å². The van der Waals surface area contributed by atoms with Crippen LogP contribution in [0.15, 0.2) is 47.4 Å². The monoisotopic (exact) mass is 416 g/mol. The van der Waals surface area contributed by atoms with Crippen LogP contribution in [-0.4, -0.2) is 45.5 Å². The number of carbonyl (C=O) groups is 1. The van der Waals surface area contributed by atoms with Gasteiger partial charge in [-0.2, -0.15) is 0 Å². The Kier molecular flexibility index (Phi) is 5.36. The van der Waals surface area contributed by atoms with E-state index in [4.69, 9.17) is 9.47 Å². The number of ether oxygens (including phenoxy) is 2. The van der Waals surface area contributed by atoms with Crippen LogP contribution in [-0.2, 0) is 10.0 Å². The zero-order valence-corrected chi connectivity index (χ0v) is 17.1. The molecule has 2 aromatic carbocycles. The van der Waals surface area contributed by atoms with E-state index in [0.29, 0.717) is 41.9 Å². The van der Waals surface area contributed by atoms with Crippen LogP contribution in [0, 0.1) is 5.92 Å². The molecule has 1 saturated heterocycles. The highest BCUT2D eigenvalue weighted by Crippen LogP contribution is 2.32. The van der Waals surface area contributed by atoms with E-state index in [1.165, 1.54) is 12.1 Å². The summed E-state index contributed by atoms with van der Waals surface area (Å²) < 4.78 is 38.8. The van der Waals surface area contributed by atoms with E-state index in [0.717, 1.165) is 25.9 Å². The number of nitrogens with zero attached hydrogens (tertiary/aromatic N) is 1. The molecule has 1 N–H and O–H groups in total. The molecule has 0 unspecified atom stereocenters. The van der Waals surface area contributed by atoms with Crippen LogP contribution in [0.4, 0.5) is 5.69 Å². The van der Waals surface area contributed by atoms with Crippen molar-refractivity contribution in [3.05, 3.63) is 48.0 Å². The first-order valence-electron chi connectivity index (χ1n) is 9.74. The summed E-state index contributed by atoms with van der Waals surface area (Å²) in [7, 11) is -3.79. The molecule has 2 aliphatic heterocycles. The summed E-state index contributed by atoms with van der Waals surface area (Å²) in [5, 5.41) is 0. The van der Waals surface area contributed by atoms with Crippen molar-refractivity contribution in [3.8, 4) is 11.5 Å². The third-order valence-electron chi connectivity index (χ3n) is 5.28. The van der Waals surface area contributed by atoms with E-state index in [-0.39, 0.29) is 10.8 Å². The number of hydrogen-bond donors (Lipinski definition) is 1. The van der Waals surface area contributed by atoms with Crippen molar-refractivity contribution in [1.82, 2.24) is 4.90 Å². The summed E-state index contributed by atoms with van der Waals surface area (Å²) in [6.07, 6.45) is 2.03. The van der Waals surface area contributed by atoms with Crippen LogP contribution in [0.1, 0.15) is 30.1 Å². The van der Waals surface area contributed by atoms with Gasteiger partial charge in [0, 0.05) is 30.4 Å². The SMILES string of the molecule is CC1CCN(C(=O)c2ccc(NS(=O)(=O)c3ccc4c(c3)OCCO4)cc2)CC1. The van der Waals surface area contributed by atoms with Crippen molar-refractivity contribution in [2.24, 2.45) is 5.92 Å².